The standard InChI is InChI=1S/C11H21N3O3/c1-2-11(4-3-5-14-11)10(16)13-6-7-17-8-9(12)15/h14H,2-8H2,1H3,(H2,12,15)(H,13,16). The Hall–Kier alpha value is -1.14. The lowest BCUT2D eigenvalue weighted by molar-refractivity contribution is -0.127. The second kappa shape index (κ2) is 6.56. The highest BCUT2D eigenvalue weighted by Crippen LogP contribution is 2.22. The van der Waals surface area contributed by atoms with Gasteiger partial charge in [0.25, 0.3) is 0 Å². The van der Waals surface area contributed by atoms with Gasteiger partial charge in [-0.25, -0.2) is 0 Å². The lowest BCUT2D eigenvalue weighted by atomic mass is 9.93. The van der Waals surface area contributed by atoms with E-state index < -0.39 is 11.4 Å². The molecule has 6 heteroatoms. The number of nitrogens with two attached hydrogens (primary N) is 1. The van der Waals surface area contributed by atoms with E-state index in [9.17, 15) is 9.59 Å². The quantitative estimate of drug-likeness (QED) is 0.507. The lowest BCUT2D eigenvalue weighted by Gasteiger charge is -2.26. The molecule has 0 spiro atoms. The van der Waals surface area contributed by atoms with Crippen LogP contribution < -0.4 is 16.4 Å². The number of primary amides is 1. The molecule has 4 N–H and O–H groups in total. The molecule has 98 valence electrons. The van der Waals surface area contributed by atoms with Gasteiger partial charge in [0.05, 0.1) is 12.1 Å². The first-order valence-corrected chi connectivity index (χ1v) is 6.00. The zero-order valence-electron chi connectivity index (χ0n) is 10.3. The summed E-state index contributed by atoms with van der Waals surface area (Å²) in [6, 6.07) is 0. The molecular weight excluding hydrogens is 222 g/mol. The Morgan fingerprint density at radius 2 is 2.29 bits per heavy atom. The van der Waals surface area contributed by atoms with E-state index in [1.807, 2.05) is 6.92 Å². The van der Waals surface area contributed by atoms with Crippen molar-refractivity contribution in [3.8, 4) is 0 Å². The van der Waals surface area contributed by atoms with Gasteiger partial charge in [-0.3, -0.25) is 9.59 Å². The first-order chi connectivity index (χ1) is 8.10. The Morgan fingerprint density at radius 1 is 1.53 bits per heavy atom. The van der Waals surface area contributed by atoms with Gasteiger partial charge in [-0.05, 0) is 25.8 Å². The molecule has 0 radical (unpaired) electrons. The fraction of sp³-hybridized carbons (Fsp3) is 0.818. The topological polar surface area (TPSA) is 93.4 Å². The van der Waals surface area contributed by atoms with Crippen LogP contribution in [0.2, 0.25) is 0 Å². The Bertz CT molecular complexity index is 275. The molecular formula is C11H21N3O3. The number of nitrogens with one attached hydrogen (secondary N) is 2. The van der Waals surface area contributed by atoms with Crippen LogP contribution in [0.4, 0.5) is 0 Å². The van der Waals surface area contributed by atoms with Gasteiger partial charge >= 0.3 is 0 Å². The summed E-state index contributed by atoms with van der Waals surface area (Å²) in [5.41, 5.74) is 4.50. The molecule has 0 aromatic heterocycles. The van der Waals surface area contributed by atoms with Crippen LogP contribution in [-0.4, -0.2) is 43.7 Å². The van der Waals surface area contributed by atoms with Gasteiger partial charge in [0.1, 0.15) is 6.61 Å². The van der Waals surface area contributed by atoms with Gasteiger partial charge in [0, 0.05) is 6.54 Å². The van der Waals surface area contributed by atoms with E-state index in [1.165, 1.54) is 0 Å². The van der Waals surface area contributed by atoms with Gasteiger partial charge in [0.2, 0.25) is 11.8 Å². The average molecular weight is 243 g/mol. The smallest absolute Gasteiger partial charge is 0.243 e. The minimum Gasteiger partial charge on any atom is -0.370 e. The lowest BCUT2D eigenvalue weighted by Crippen LogP contribution is -2.53. The molecule has 1 heterocycles. The normalized spacial score (nSPS) is 23.6. The molecule has 0 aromatic rings. The van der Waals surface area contributed by atoms with E-state index in [4.69, 9.17) is 10.5 Å². The molecule has 1 atom stereocenters. The van der Waals surface area contributed by atoms with Gasteiger partial charge in [0.15, 0.2) is 0 Å². The van der Waals surface area contributed by atoms with Gasteiger partial charge in [-0.2, -0.15) is 0 Å². The van der Waals surface area contributed by atoms with Crippen LogP contribution >= 0.6 is 0 Å². The Labute approximate surface area is 101 Å². The molecule has 2 amide bonds. The number of ether oxygens (including phenoxy) is 1. The highest BCUT2D eigenvalue weighted by atomic mass is 16.5. The van der Waals surface area contributed by atoms with Crippen LogP contribution in [0.5, 0.6) is 0 Å². The summed E-state index contributed by atoms with van der Waals surface area (Å²) in [5.74, 6) is -0.487. The van der Waals surface area contributed by atoms with E-state index >= 15 is 0 Å². The van der Waals surface area contributed by atoms with Gasteiger partial charge < -0.3 is 21.1 Å². The molecule has 1 fully saturated rings. The van der Waals surface area contributed by atoms with Crippen LogP contribution in [0, 0.1) is 0 Å². The second-order valence-electron chi connectivity index (χ2n) is 4.24. The number of carbonyl (C=O) groups excluding carboxylic acids is 2. The van der Waals surface area contributed by atoms with E-state index in [1.54, 1.807) is 0 Å². The van der Waals surface area contributed by atoms with Crippen molar-refractivity contribution >= 4 is 11.8 Å². The van der Waals surface area contributed by atoms with E-state index in [-0.39, 0.29) is 12.5 Å². The number of rotatable bonds is 7. The minimum atomic E-state index is -0.501. The molecule has 1 aliphatic rings. The van der Waals surface area contributed by atoms with Crippen LogP contribution in [-0.2, 0) is 14.3 Å². The summed E-state index contributed by atoms with van der Waals surface area (Å²) in [7, 11) is 0. The Balaban J connectivity index is 2.22. The number of amides is 2. The van der Waals surface area contributed by atoms with Crippen molar-refractivity contribution in [2.45, 2.75) is 31.7 Å². The van der Waals surface area contributed by atoms with Crippen molar-refractivity contribution in [1.29, 1.82) is 0 Å². The molecule has 0 saturated carbocycles. The average Bonchev–Trinajstić information content (AvgIpc) is 2.77. The fourth-order valence-corrected chi connectivity index (χ4v) is 2.04. The molecule has 1 unspecified atom stereocenters. The zero-order chi connectivity index (χ0) is 12.7. The maximum absolute atomic E-state index is 12.0. The Kier molecular flexibility index (Phi) is 5.37. The summed E-state index contributed by atoms with van der Waals surface area (Å²) in [6.07, 6.45) is 2.68. The van der Waals surface area contributed by atoms with Crippen LogP contribution in [0.3, 0.4) is 0 Å². The van der Waals surface area contributed by atoms with Crippen molar-refractivity contribution in [3.05, 3.63) is 0 Å². The summed E-state index contributed by atoms with van der Waals surface area (Å²) < 4.78 is 4.97. The molecule has 1 aliphatic heterocycles. The molecule has 17 heavy (non-hydrogen) atoms. The first kappa shape index (κ1) is 13.9. The SMILES string of the molecule is CCC1(C(=O)NCCOCC(N)=O)CCCN1. The van der Waals surface area contributed by atoms with Crippen LogP contribution in [0.1, 0.15) is 26.2 Å². The first-order valence-electron chi connectivity index (χ1n) is 6.00. The summed E-state index contributed by atoms with van der Waals surface area (Å²) in [6.45, 7) is 3.48. The van der Waals surface area contributed by atoms with E-state index in [0.717, 1.165) is 25.8 Å². The third-order valence-corrected chi connectivity index (χ3v) is 3.06. The third-order valence-electron chi connectivity index (χ3n) is 3.06. The van der Waals surface area contributed by atoms with Crippen molar-refractivity contribution in [2.75, 3.05) is 26.3 Å². The molecule has 6 nitrogen and oxygen atoms in total. The largest absolute Gasteiger partial charge is 0.370 e. The second-order valence-corrected chi connectivity index (χ2v) is 4.24. The van der Waals surface area contributed by atoms with Crippen LogP contribution in [0.15, 0.2) is 0 Å². The molecule has 0 bridgehead atoms. The molecule has 1 rings (SSSR count). The van der Waals surface area contributed by atoms with Gasteiger partial charge in [-0.1, -0.05) is 6.92 Å². The van der Waals surface area contributed by atoms with Crippen molar-refractivity contribution in [2.24, 2.45) is 5.73 Å². The maximum Gasteiger partial charge on any atom is 0.243 e. The molecule has 0 aliphatic carbocycles. The van der Waals surface area contributed by atoms with E-state index in [0.29, 0.717) is 13.2 Å². The number of carbonyl (C=O) groups is 2. The zero-order valence-corrected chi connectivity index (χ0v) is 10.3. The van der Waals surface area contributed by atoms with Crippen molar-refractivity contribution < 1.29 is 14.3 Å². The summed E-state index contributed by atoms with van der Waals surface area (Å²) in [4.78, 5) is 22.4. The monoisotopic (exact) mass is 243 g/mol. The molecule has 0 aromatic carbocycles. The highest BCUT2D eigenvalue weighted by Gasteiger charge is 2.38. The van der Waals surface area contributed by atoms with Crippen molar-refractivity contribution in [3.63, 3.8) is 0 Å². The van der Waals surface area contributed by atoms with Crippen molar-refractivity contribution in [1.82, 2.24) is 10.6 Å². The highest BCUT2D eigenvalue weighted by molar-refractivity contribution is 5.86. The molecule has 1 saturated heterocycles. The fourth-order valence-electron chi connectivity index (χ4n) is 2.04. The number of hydrogen-bond acceptors (Lipinski definition) is 4. The minimum absolute atomic E-state index is 0.0141. The predicted molar refractivity (Wildman–Crippen MR) is 63.3 cm³/mol. The Morgan fingerprint density at radius 3 is 2.82 bits per heavy atom. The summed E-state index contributed by atoms with van der Waals surface area (Å²) in [5, 5.41) is 6.06. The van der Waals surface area contributed by atoms with E-state index in [2.05, 4.69) is 10.6 Å². The maximum atomic E-state index is 12.0. The number of hydrogen-bond donors (Lipinski definition) is 3. The van der Waals surface area contributed by atoms with Gasteiger partial charge in [-0.15, -0.1) is 0 Å². The summed E-state index contributed by atoms with van der Waals surface area (Å²) >= 11 is 0. The predicted octanol–water partition coefficient (Wildman–Crippen LogP) is -0.863. The van der Waals surface area contributed by atoms with Crippen LogP contribution in [0.25, 0.3) is 0 Å². The third kappa shape index (κ3) is 3.98.